The predicted octanol–water partition coefficient (Wildman–Crippen LogP) is 28.8. The summed E-state index contributed by atoms with van der Waals surface area (Å²) in [5.41, 5.74) is 28.1. The molecule has 0 fully saturated rings. The summed E-state index contributed by atoms with van der Waals surface area (Å²) in [6, 6.07) is 66.2. The van der Waals surface area contributed by atoms with Crippen molar-refractivity contribution in [1.29, 1.82) is 0 Å². The predicted molar refractivity (Wildman–Crippen MR) is 408 cm³/mol. The Balaban J connectivity index is 0.966. The molecule has 0 bridgehead atoms. The van der Waals surface area contributed by atoms with Crippen molar-refractivity contribution in [3.05, 3.63) is 209 Å². The molecule has 2 heterocycles. The summed E-state index contributed by atoms with van der Waals surface area (Å²) in [7, 11) is 0. The second kappa shape index (κ2) is 28.2. The summed E-state index contributed by atoms with van der Waals surface area (Å²) >= 11 is 0. The average molecular weight is 1260 g/mol. The lowest BCUT2D eigenvalue weighted by atomic mass is 9.68. The van der Waals surface area contributed by atoms with Crippen LogP contribution in [0.3, 0.4) is 0 Å². The van der Waals surface area contributed by atoms with Crippen LogP contribution >= 0.6 is 0 Å². The van der Waals surface area contributed by atoms with Crippen molar-refractivity contribution < 1.29 is 8.83 Å². The number of anilines is 3. The molecule has 9 aromatic carbocycles. The minimum atomic E-state index is -0.301. The van der Waals surface area contributed by atoms with Crippen molar-refractivity contribution >= 4 is 60.9 Å². The molecule has 0 saturated heterocycles. The van der Waals surface area contributed by atoms with Gasteiger partial charge in [0.1, 0.15) is 22.3 Å². The van der Waals surface area contributed by atoms with E-state index in [9.17, 15) is 0 Å². The summed E-state index contributed by atoms with van der Waals surface area (Å²) in [4.78, 5) is 2.62. The molecule has 3 heteroatoms. The highest BCUT2D eigenvalue weighted by molar-refractivity contribution is 6.19. The minimum Gasteiger partial charge on any atom is -0.456 e. The fourth-order valence-electron chi connectivity index (χ4n) is 18.3. The first-order valence-corrected chi connectivity index (χ1v) is 38.0. The summed E-state index contributed by atoms with van der Waals surface area (Å²) in [6.45, 7) is 16.6. The minimum absolute atomic E-state index is 0.0890. The smallest absolute Gasteiger partial charge is 0.143 e. The third-order valence-electron chi connectivity index (χ3n) is 23.3. The van der Waals surface area contributed by atoms with E-state index >= 15 is 0 Å². The van der Waals surface area contributed by atoms with Gasteiger partial charge < -0.3 is 13.7 Å². The zero-order valence-electron chi connectivity index (χ0n) is 58.7. The molecular formula is C92H105NO2. The van der Waals surface area contributed by atoms with Gasteiger partial charge in [0.15, 0.2) is 0 Å². The topological polar surface area (TPSA) is 29.5 Å². The van der Waals surface area contributed by atoms with Crippen molar-refractivity contribution in [3.63, 3.8) is 0 Å². The number of unbranched alkanes of at least 4 members (excludes halogenated alkanes) is 20. The third-order valence-corrected chi connectivity index (χ3v) is 23.3. The van der Waals surface area contributed by atoms with Crippen LogP contribution in [0.2, 0.25) is 0 Å². The van der Waals surface area contributed by atoms with Gasteiger partial charge >= 0.3 is 0 Å². The van der Waals surface area contributed by atoms with Crippen LogP contribution < -0.4 is 4.90 Å². The molecule has 0 amide bonds. The molecule has 0 radical (unpaired) electrons. The third kappa shape index (κ3) is 11.9. The lowest BCUT2D eigenvalue weighted by Crippen LogP contribution is -2.27. The van der Waals surface area contributed by atoms with Crippen molar-refractivity contribution in [2.24, 2.45) is 0 Å². The van der Waals surface area contributed by atoms with E-state index in [1.165, 1.54) is 261 Å². The van der Waals surface area contributed by atoms with Gasteiger partial charge in [0.25, 0.3) is 0 Å². The highest BCUT2D eigenvalue weighted by atomic mass is 16.3. The van der Waals surface area contributed by atoms with Crippen LogP contribution in [0.1, 0.15) is 260 Å². The van der Waals surface area contributed by atoms with E-state index in [2.05, 4.69) is 223 Å². The number of hydrogen-bond acceptors (Lipinski definition) is 3. The molecule has 14 rings (SSSR count). The lowest BCUT2D eigenvalue weighted by Gasteiger charge is -2.35. The standard InChI is InChI=1S/C92H105NO2/c1-8-12-16-20-24-35-54-91(55-36-25-21-17-13-9-2)76-52-53-84-87(71-44-31-33-46-82(71)94-84)86(76)75-63-79-74(62-80(75)91)69-50-48-68(60-78(69)92(79,56-37-26-22-18-14-10-3)57-38-27-23-19-15-11-4)93(66-43-39-40-64(5)58-66)67-49-51-70-77(59-67)90(6,7)81-61-73(65-41-29-28-30-42-65)89-88(85(70)81)72-45-32-34-47-83(72)95-89/h28-34,39-53,58-63H,8-27,35-38,54-57H2,1-7H3. The number of para-hydroxylation sites is 2. The van der Waals surface area contributed by atoms with Gasteiger partial charge in [0.05, 0.1) is 0 Å². The highest BCUT2D eigenvalue weighted by Gasteiger charge is 2.49. The normalized spacial score (nSPS) is 14.4. The number of aryl methyl sites for hydroxylation is 1. The molecule has 0 spiro atoms. The zero-order valence-corrected chi connectivity index (χ0v) is 58.7. The lowest BCUT2D eigenvalue weighted by molar-refractivity contribution is 0.394. The summed E-state index contributed by atoms with van der Waals surface area (Å²) in [5.74, 6) is 0. The number of benzene rings is 9. The summed E-state index contributed by atoms with van der Waals surface area (Å²) in [6.07, 6.45) is 35.7. The maximum absolute atomic E-state index is 6.93. The second-order valence-corrected chi connectivity index (χ2v) is 29.9. The van der Waals surface area contributed by atoms with Gasteiger partial charge in [-0.2, -0.15) is 0 Å². The van der Waals surface area contributed by atoms with Gasteiger partial charge in [-0.1, -0.05) is 293 Å². The van der Waals surface area contributed by atoms with Gasteiger partial charge in [0.2, 0.25) is 0 Å². The second-order valence-electron chi connectivity index (χ2n) is 29.9. The van der Waals surface area contributed by atoms with Crippen molar-refractivity contribution in [2.75, 3.05) is 4.90 Å². The number of hydrogen-bond donors (Lipinski definition) is 0. The maximum atomic E-state index is 6.93. The fraction of sp³-hybridized carbons (Fsp3) is 0.413. The molecule has 0 aliphatic heterocycles. The van der Waals surface area contributed by atoms with Crippen LogP contribution in [0, 0.1) is 6.92 Å². The Bertz CT molecular complexity index is 4470. The highest BCUT2D eigenvalue weighted by Crippen LogP contribution is 2.64. The van der Waals surface area contributed by atoms with Gasteiger partial charge in [-0.25, -0.2) is 0 Å². The Morgan fingerprint density at radius 1 is 0.316 bits per heavy atom. The van der Waals surface area contributed by atoms with Crippen LogP contribution in [-0.4, -0.2) is 0 Å². The van der Waals surface area contributed by atoms with Crippen LogP contribution in [0.5, 0.6) is 0 Å². The molecule has 0 atom stereocenters. The summed E-state index contributed by atoms with van der Waals surface area (Å²) in [5, 5.41) is 4.98. The van der Waals surface area contributed by atoms with Crippen LogP contribution in [-0.2, 0) is 16.2 Å². The van der Waals surface area contributed by atoms with Gasteiger partial charge in [-0.15, -0.1) is 0 Å². The van der Waals surface area contributed by atoms with Crippen molar-refractivity contribution in [3.8, 4) is 44.5 Å². The first kappa shape index (κ1) is 64.7. The Kier molecular flexibility index (Phi) is 19.2. The van der Waals surface area contributed by atoms with E-state index in [0.717, 1.165) is 40.7 Å². The first-order chi connectivity index (χ1) is 46.6. The van der Waals surface area contributed by atoms with E-state index < -0.39 is 0 Å². The molecule has 0 saturated carbocycles. The fourth-order valence-corrected chi connectivity index (χ4v) is 18.3. The molecular weight excluding hydrogens is 1150 g/mol. The van der Waals surface area contributed by atoms with E-state index in [1.54, 1.807) is 22.3 Å². The number of rotatable bonds is 32. The number of furan rings is 2. The molecule has 11 aromatic rings. The Morgan fingerprint density at radius 2 is 0.779 bits per heavy atom. The molecule has 2 aromatic heterocycles. The SMILES string of the molecule is CCCCCCCCC1(CCCCCCCC)c2cc(N(c3cccc(C)c3)c3ccc4c(c3)C(C)(C)c3cc(-c5ccccc5)c5oc6ccccc6c5c3-4)ccc2-c2cc3c(cc21)-c1c(ccc2oc4ccccc4c12)C3(CCCCCCCC)CCCCCCCC. The van der Waals surface area contributed by atoms with Crippen molar-refractivity contribution in [2.45, 2.75) is 244 Å². The molecule has 3 aliphatic carbocycles. The van der Waals surface area contributed by atoms with E-state index in [-0.39, 0.29) is 16.2 Å². The molecule has 95 heavy (non-hydrogen) atoms. The number of fused-ring (bicyclic) bond motifs is 17. The molecule has 490 valence electrons. The molecule has 0 unspecified atom stereocenters. The molecule has 0 N–H and O–H groups in total. The van der Waals surface area contributed by atoms with Crippen LogP contribution in [0.4, 0.5) is 17.1 Å². The van der Waals surface area contributed by atoms with E-state index in [0.29, 0.717) is 0 Å². The van der Waals surface area contributed by atoms with Crippen LogP contribution in [0.25, 0.3) is 88.4 Å². The van der Waals surface area contributed by atoms with Gasteiger partial charge in [0, 0.05) is 60.4 Å². The molecule has 3 nitrogen and oxygen atoms in total. The van der Waals surface area contributed by atoms with E-state index in [4.69, 9.17) is 8.83 Å². The Labute approximate surface area is 569 Å². The first-order valence-electron chi connectivity index (χ1n) is 38.0. The maximum Gasteiger partial charge on any atom is 0.143 e. The quantitative estimate of drug-likeness (QED) is 0.0394. The summed E-state index contributed by atoms with van der Waals surface area (Å²) < 4.78 is 13.8. The molecule has 3 aliphatic rings. The van der Waals surface area contributed by atoms with Gasteiger partial charge in [-0.05, 0) is 183 Å². The van der Waals surface area contributed by atoms with Crippen molar-refractivity contribution in [1.82, 2.24) is 0 Å². The van der Waals surface area contributed by atoms with E-state index in [1.807, 2.05) is 0 Å². The van der Waals surface area contributed by atoms with Crippen LogP contribution in [0.15, 0.2) is 179 Å². The largest absolute Gasteiger partial charge is 0.456 e. The van der Waals surface area contributed by atoms with Gasteiger partial charge in [-0.3, -0.25) is 0 Å². The Hall–Kier alpha value is -7.62. The monoisotopic (exact) mass is 1260 g/mol. The Morgan fingerprint density at radius 3 is 1.38 bits per heavy atom. The number of nitrogens with zero attached hydrogens (tertiary/aromatic N) is 1. The zero-order chi connectivity index (χ0) is 65.1. The average Bonchev–Trinajstić information content (AvgIpc) is 1.53.